The summed E-state index contributed by atoms with van der Waals surface area (Å²) in [7, 11) is 0. The molecule has 3 rings (SSSR count). The predicted octanol–water partition coefficient (Wildman–Crippen LogP) is 4.34. The molecule has 0 unspecified atom stereocenters. The molecule has 0 aliphatic heterocycles. The zero-order chi connectivity index (χ0) is 15.4. The number of halogens is 1. The number of anilines is 1. The Morgan fingerprint density at radius 1 is 0.864 bits per heavy atom. The highest BCUT2D eigenvalue weighted by molar-refractivity contribution is 5.95. The van der Waals surface area contributed by atoms with E-state index in [9.17, 15) is 9.18 Å². The fourth-order valence-corrected chi connectivity index (χ4v) is 2.60. The molecule has 1 amide bonds. The van der Waals surface area contributed by atoms with Crippen molar-refractivity contribution in [3.05, 3.63) is 78.4 Å². The molecule has 0 saturated heterocycles. The minimum Gasteiger partial charge on any atom is -0.306 e. The number of alkyl halides is 1. The molecule has 0 aliphatic rings. The van der Waals surface area contributed by atoms with Crippen LogP contribution in [-0.4, -0.2) is 12.6 Å². The maximum absolute atomic E-state index is 12.9. The largest absolute Gasteiger partial charge is 0.306 e. The molecule has 0 atom stereocenters. The molecule has 0 bridgehead atoms. The lowest BCUT2D eigenvalue weighted by Crippen LogP contribution is -2.31. The predicted molar refractivity (Wildman–Crippen MR) is 87.6 cm³/mol. The van der Waals surface area contributed by atoms with Gasteiger partial charge in [-0.05, 0) is 28.5 Å². The van der Waals surface area contributed by atoms with E-state index in [1.54, 1.807) is 0 Å². The smallest absolute Gasteiger partial charge is 0.258 e. The van der Waals surface area contributed by atoms with E-state index in [1.165, 1.54) is 4.90 Å². The minimum absolute atomic E-state index is 0.355. The Labute approximate surface area is 128 Å². The van der Waals surface area contributed by atoms with Gasteiger partial charge in [-0.1, -0.05) is 60.7 Å². The fraction of sp³-hybridized carbons (Fsp3) is 0.105. The third kappa shape index (κ3) is 2.84. The molecule has 0 N–H and O–H groups in total. The quantitative estimate of drug-likeness (QED) is 0.700. The van der Waals surface area contributed by atoms with Gasteiger partial charge in [0.2, 0.25) is 0 Å². The van der Waals surface area contributed by atoms with Crippen LogP contribution in [0, 0.1) is 0 Å². The molecule has 110 valence electrons. The third-order valence-corrected chi connectivity index (χ3v) is 3.69. The molecule has 0 aliphatic carbocycles. The molecule has 0 aromatic heterocycles. The lowest BCUT2D eigenvalue weighted by atomic mass is 10.0. The van der Waals surface area contributed by atoms with Gasteiger partial charge in [0.15, 0.2) is 6.67 Å². The summed E-state index contributed by atoms with van der Waals surface area (Å²) in [4.78, 5) is 13.5. The molecule has 0 heterocycles. The maximum Gasteiger partial charge on any atom is 0.258 e. The summed E-state index contributed by atoms with van der Waals surface area (Å²) in [6.07, 6.45) is 0. The Balaban J connectivity index is 2.01. The number of para-hydroxylation sites is 1. The van der Waals surface area contributed by atoms with Gasteiger partial charge in [-0.3, -0.25) is 4.79 Å². The fourth-order valence-electron chi connectivity index (χ4n) is 2.60. The standard InChI is InChI=1S/C19H16FNO/c20-13-19(22)21(17-10-2-1-3-11-17)14-16-9-6-8-15-7-4-5-12-18(15)16/h1-12H,13-14H2. The van der Waals surface area contributed by atoms with Crippen molar-refractivity contribution in [3.8, 4) is 0 Å². The second-order valence-electron chi connectivity index (χ2n) is 5.09. The molecular weight excluding hydrogens is 277 g/mol. The van der Waals surface area contributed by atoms with Gasteiger partial charge < -0.3 is 4.90 Å². The van der Waals surface area contributed by atoms with Crippen LogP contribution in [0.2, 0.25) is 0 Å². The van der Waals surface area contributed by atoms with Crippen molar-refractivity contribution in [2.24, 2.45) is 0 Å². The van der Waals surface area contributed by atoms with Crippen molar-refractivity contribution in [1.82, 2.24) is 0 Å². The Hall–Kier alpha value is -2.68. The number of rotatable bonds is 4. The van der Waals surface area contributed by atoms with Crippen LogP contribution >= 0.6 is 0 Å². The van der Waals surface area contributed by atoms with Crippen LogP contribution in [0.25, 0.3) is 10.8 Å². The molecule has 2 nitrogen and oxygen atoms in total. The molecule has 3 heteroatoms. The van der Waals surface area contributed by atoms with Crippen LogP contribution < -0.4 is 4.90 Å². The van der Waals surface area contributed by atoms with Gasteiger partial charge >= 0.3 is 0 Å². The van der Waals surface area contributed by atoms with Crippen molar-refractivity contribution >= 4 is 22.4 Å². The molecular formula is C19H16FNO. The zero-order valence-corrected chi connectivity index (χ0v) is 12.1. The minimum atomic E-state index is -1.00. The van der Waals surface area contributed by atoms with E-state index in [0.717, 1.165) is 16.3 Å². The number of hydrogen-bond donors (Lipinski definition) is 0. The Kier molecular flexibility index (Phi) is 4.15. The molecule has 0 saturated carbocycles. The summed E-state index contributed by atoms with van der Waals surface area (Å²) in [5, 5.41) is 2.19. The first-order chi connectivity index (χ1) is 10.8. The molecule has 22 heavy (non-hydrogen) atoms. The Morgan fingerprint density at radius 2 is 1.55 bits per heavy atom. The average molecular weight is 293 g/mol. The van der Waals surface area contributed by atoms with E-state index in [2.05, 4.69) is 0 Å². The van der Waals surface area contributed by atoms with Gasteiger partial charge in [0.1, 0.15) is 0 Å². The number of amides is 1. The Bertz CT molecular complexity index is 780. The van der Waals surface area contributed by atoms with E-state index >= 15 is 0 Å². The van der Waals surface area contributed by atoms with E-state index in [1.807, 2.05) is 72.8 Å². The molecule has 0 fully saturated rings. The first kappa shape index (κ1) is 14.3. The van der Waals surface area contributed by atoms with E-state index in [0.29, 0.717) is 12.2 Å². The average Bonchev–Trinajstić information content (AvgIpc) is 2.60. The van der Waals surface area contributed by atoms with Crippen LogP contribution in [0.15, 0.2) is 72.8 Å². The van der Waals surface area contributed by atoms with Gasteiger partial charge in [0, 0.05) is 5.69 Å². The Morgan fingerprint density at radius 3 is 2.32 bits per heavy atom. The molecule has 3 aromatic rings. The van der Waals surface area contributed by atoms with Gasteiger partial charge in [-0.15, -0.1) is 0 Å². The SMILES string of the molecule is O=C(CF)N(Cc1cccc2ccccc12)c1ccccc1. The van der Waals surface area contributed by atoms with E-state index in [4.69, 9.17) is 0 Å². The molecule has 0 radical (unpaired) electrons. The van der Waals surface area contributed by atoms with Gasteiger partial charge in [-0.2, -0.15) is 0 Å². The van der Waals surface area contributed by atoms with Gasteiger partial charge in [-0.25, -0.2) is 4.39 Å². The van der Waals surface area contributed by atoms with Gasteiger partial charge in [0.05, 0.1) is 6.54 Å². The number of fused-ring (bicyclic) bond motifs is 1. The second kappa shape index (κ2) is 6.39. The highest BCUT2D eigenvalue weighted by atomic mass is 19.1. The van der Waals surface area contributed by atoms with Crippen molar-refractivity contribution in [1.29, 1.82) is 0 Å². The molecule has 3 aromatic carbocycles. The van der Waals surface area contributed by atoms with Gasteiger partial charge in [0.25, 0.3) is 5.91 Å². The normalized spacial score (nSPS) is 10.6. The van der Waals surface area contributed by atoms with E-state index < -0.39 is 12.6 Å². The lowest BCUT2D eigenvalue weighted by molar-refractivity contribution is -0.119. The van der Waals surface area contributed by atoms with Crippen LogP contribution in [0.5, 0.6) is 0 Å². The number of benzene rings is 3. The van der Waals surface area contributed by atoms with Crippen molar-refractivity contribution in [3.63, 3.8) is 0 Å². The lowest BCUT2D eigenvalue weighted by Gasteiger charge is -2.22. The van der Waals surface area contributed by atoms with Crippen LogP contribution in [0.1, 0.15) is 5.56 Å². The zero-order valence-electron chi connectivity index (χ0n) is 12.1. The van der Waals surface area contributed by atoms with Crippen molar-refractivity contribution in [2.45, 2.75) is 6.54 Å². The monoisotopic (exact) mass is 293 g/mol. The number of nitrogens with zero attached hydrogens (tertiary/aromatic N) is 1. The highest BCUT2D eigenvalue weighted by Crippen LogP contribution is 2.23. The molecule has 0 spiro atoms. The first-order valence-electron chi connectivity index (χ1n) is 7.17. The van der Waals surface area contributed by atoms with Crippen molar-refractivity contribution in [2.75, 3.05) is 11.6 Å². The second-order valence-corrected chi connectivity index (χ2v) is 5.09. The number of carbonyl (C=O) groups is 1. The summed E-state index contributed by atoms with van der Waals surface area (Å²) in [5.41, 5.74) is 1.71. The summed E-state index contributed by atoms with van der Waals surface area (Å²) < 4.78 is 12.9. The number of hydrogen-bond acceptors (Lipinski definition) is 1. The van der Waals surface area contributed by atoms with Crippen LogP contribution in [0.3, 0.4) is 0 Å². The number of carbonyl (C=O) groups excluding carboxylic acids is 1. The summed E-state index contributed by atoms with van der Waals surface area (Å²) >= 11 is 0. The first-order valence-corrected chi connectivity index (χ1v) is 7.17. The highest BCUT2D eigenvalue weighted by Gasteiger charge is 2.16. The van der Waals surface area contributed by atoms with Crippen molar-refractivity contribution < 1.29 is 9.18 Å². The summed E-state index contributed by atoms with van der Waals surface area (Å²) in [6, 6.07) is 23.2. The summed E-state index contributed by atoms with van der Waals surface area (Å²) in [6.45, 7) is -0.645. The maximum atomic E-state index is 12.9. The third-order valence-electron chi connectivity index (χ3n) is 3.69. The topological polar surface area (TPSA) is 20.3 Å². The van der Waals surface area contributed by atoms with Crippen LogP contribution in [-0.2, 0) is 11.3 Å². The van der Waals surface area contributed by atoms with Crippen LogP contribution in [0.4, 0.5) is 10.1 Å². The van der Waals surface area contributed by atoms with E-state index in [-0.39, 0.29) is 0 Å². The summed E-state index contributed by atoms with van der Waals surface area (Å²) in [5.74, 6) is -0.529.